The first-order valence-corrected chi connectivity index (χ1v) is 15.7. The van der Waals surface area contributed by atoms with Crippen LogP contribution < -0.4 is 4.74 Å². The van der Waals surface area contributed by atoms with E-state index in [-0.39, 0.29) is 47.2 Å². The minimum atomic E-state index is -4.78. The van der Waals surface area contributed by atoms with E-state index in [1.165, 1.54) is 7.11 Å². The van der Waals surface area contributed by atoms with Crippen LogP contribution in [0.1, 0.15) is 72.9 Å². The van der Waals surface area contributed by atoms with Crippen molar-refractivity contribution in [2.24, 2.45) is 29.6 Å². The standard InChI is InChI=1S/C34H39F6NO4/c1-18(32(42)43-3)30(21-5-6-21)22-7-4-20-8-11-28(45-29(20)12-22)31-23-14-41(15-24(31)17-44-16-23)19(2)26-13-25(33(35,36)37)9-10-27(26)34(38,39)40/h4,7,9-10,12-13,18-19,21,23-24,28,30-31H,5-6,8,11,14-17H2,1-3H3/t18-,19+,23-,24+,28?,30-,31?/m0/s1. The van der Waals surface area contributed by atoms with Crippen molar-refractivity contribution in [3.63, 3.8) is 0 Å². The fourth-order valence-corrected chi connectivity index (χ4v) is 8.11. The van der Waals surface area contributed by atoms with Crippen molar-refractivity contribution >= 4 is 5.97 Å². The summed E-state index contributed by atoms with van der Waals surface area (Å²) in [6.45, 7) is 5.07. The van der Waals surface area contributed by atoms with Gasteiger partial charge in [0.05, 0.1) is 37.4 Å². The fourth-order valence-electron chi connectivity index (χ4n) is 8.11. The largest absolute Gasteiger partial charge is 0.490 e. The quantitative estimate of drug-likeness (QED) is 0.230. The summed E-state index contributed by atoms with van der Waals surface area (Å²) < 4.78 is 100.0. The molecule has 0 N–H and O–H groups in total. The summed E-state index contributed by atoms with van der Waals surface area (Å²) in [5.41, 5.74) is -0.332. The van der Waals surface area contributed by atoms with E-state index in [0.29, 0.717) is 50.4 Å². The number of carbonyl (C=O) groups excluding carboxylic acids is 1. The monoisotopic (exact) mass is 639 g/mol. The molecule has 4 aliphatic rings. The molecular formula is C34H39F6NO4. The average molecular weight is 640 g/mol. The van der Waals surface area contributed by atoms with Gasteiger partial charge in [0.25, 0.3) is 0 Å². The van der Waals surface area contributed by atoms with Crippen LogP contribution in [0.3, 0.4) is 0 Å². The van der Waals surface area contributed by atoms with Gasteiger partial charge in [0.15, 0.2) is 0 Å². The summed E-state index contributed by atoms with van der Waals surface area (Å²) in [6.07, 6.45) is -5.91. The molecule has 3 aliphatic heterocycles. The Bertz CT molecular complexity index is 1390. The Kier molecular flexibility index (Phi) is 8.65. The van der Waals surface area contributed by atoms with Gasteiger partial charge >= 0.3 is 18.3 Å². The molecule has 11 heteroatoms. The van der Waals surface area contributed by atoms with E-state index in [1.807, 2.05) is 11.8 Å². The number of hydrogen-bond acceptors (Lipinski definition) is 5. The molecule has 2 aromatic carbocycles. The topological polar surface area (TPSA) is 48.0 Å². The number of methoxy groups -OCH3 is 1. The first-order chi connectivity index (χ1) is 21.3. The smallest absolute Gasteiger partial charge is 0.416 e. The Morgan fingerprint density at radius 3 is 2.22 bits per heavy atom. The molecular weight excluding hydrogens is 600 g/mol. The highest BCUT2D eigenvalue weighted by molar-refractivity contribution is 5.73. The summed E-state index contributed by atoms with van der Waals surface area (Å²) in [5, 5.41) is 0. The highest BCUT2D eigenvalue weighted by atomic mass is 19.4. The number of halogens is 6. The van der Waals surface area contributed by atoms with E-state index in [2.05, 4.69) is 18.2 Å². The molecule has 3 heterocycles. The SMILES string of the molecule is COC(=O)[C@@H](C)[C@H](c1ccc2c(c1)OC(C1[C@@H]3COC[C@H]1CN([C@H](C)c1cc(C(F)(F)F)ccc1C(F)(F)F)C3)CC2)C1CC1. The summed E-state index contributed by atoms with van der Waals surface area (Å²) in [5.74, 6) is 0.760. The van der Waals surface area contributed by atoms with Gasteiger partial charge < -0.3 is 14.2 Å². The number of rotatable bonds is 7. The number of carbonyl (C=O) groups is 1. The van der Waals surface area contributed by atoms with Crippen LogP contribution in [0.25, 0.3) is 0 Å². The van der Waals surface area contributed by atoms with Crippen LogP contribution in [0.15, 0.2) is 36.4 Å². The lowest BCUT2D eigenvalue weighted by Crippen LogP contribution is -2.57. The zero-order valence-corrected chi connectivity index (χ0v) is 25.6. The van der Waals surface area contributed by atoms with Crippen LogP contribution in [0.2, 0.25) is 0 Å². The van der Waals surface area contributed by atoms with Gasteiger partial charge in [-0.3, -0.25) is 9.69 Å². The van der Waals surface area contributed by atoms with Gasteiger partial charge in [0, 0.05) is 36.9 Å². The van der Waals surface area contributed by atoms with Crippen molar-refractivity contribution in [2.45, 2.75) is 69.9 Å². The number of likely N-dealkylation sites (tertiary alicyclic amines) is 1. The van der Waals surface area contributed by atoms with Gasteiger partial charge in [0.1, 0.15) is 11.9 Å². The minimum Gasteiger partial charge on any atom is -0.490 e. The van der Waals surface area contributed by atoms with Crippen molar-refractivity contribution in [3.8, 4) is 5.75 Å². The Morgan fingerprint density at radius 2 is 1.62 bits per heavy atom. The number of fused-ring (bicyclic) bond motifs is 3. The van der Waals surface area contributed by atoms with Crippen molar-refractivity contribution in [1.82, 2.24) is 4.90 Å². The van der Waals surface area contributed by atoms with Crippen LogP contribution in [-0.4, -0.2) is 50.4 Å². The van der Waals surface area contributed by atoms with Gasteiger partial charge in [-0.25, -0.2) is 0 Å². The molecule has 45 heavy (non-hydrogen) atoms. The maximum atomic E-state index is 13.9. The maximum absolute atomic E-state index is 13.9. The minimum absolute atomic E-state index is 0.0432. The van der Waals surface area contributed by atoms with Gasteiger partial charge in [0.2, 0.25) is 0 Å². The van der Waals surface area contributed by atoms with Crippen molar-refractivity contribution in [1.29, 1.82) is 0 Å². The molecule has 7 atom stereocenters. The molecule has 5 nitrogen and oxygen atoms in total. The maximum Gasteiger partial charge on any atom is 0.416 e. The predicted octanol–water partition coefficient (Wildman–Crippen LogP) is 7.68. The first kappa shape index (κ1) is 32.2. The highest BCUT2D eigenvalue weighted by Gasteiger charge is 2.48. The lowest BCUT2D eigenvalue weighted by Gasteiger charge is -2.51. The van der Waals surface area contributed by atoms with Gasteiger partial charge in [-0.1, -0.05) is 19.1 Å². The van der Waals surface area contributed by atoms with Crippen LogP contribution in [-0.2, 0) is 33.0 Å². The third-order valence-electron chi connectivity index (χ3n) is 10.5. The number of aryl methyl sites for hydroxylation is 1. The average Bonchev–Trinajstić information content (AvgIpc) is 3.83. The highest BCUT2D eigenvalue weighted by Crippen LogP contribution is 2.49. The molecule has 0 amide bonds. The van der Waals surface area contributed by atoms with E-state index >= 15 is 0 Å². The second-order valence-electron chi connectivity index (χ2n) is 13.3. The second-order valence-corrected chi connectivity index (χ2v) is 13.3. The van der Waals surface area contributed by atoms with Crippen molar-refractivity contribution in [3.05, 3.63) is 64.2 Å². The summed E-state index contributed by atoms with van der Waals surface area (Å²) >= 11 is 0. The first-order valence-electron chi connectivity index (χ1n) is 15.7. The van der Waals surface area contributed by atoms with Crippen LogP contribution in [0.5, 0.6) is 5.75 Å². The van der Waals surface area contributed by atoms with E-state index < -0.39 is 29.5 Å². The van der Waals surface area contributed by atoms with E-state index in [0.717, 1.165) is 42.6 Å². The number of esters is 1. The van der Waals surface area contributed by atoms with Crippen molar-refractivity contribution < 1.29 is 45.3 Å². The Hall–Kier alpha value is -2.79. The number of nitrogens with zero attached hydrogens (tertiary/aromatic N) is 1. The molecule has 3 fully saturated rings. The summed E-state index contributed by atoms with van der Waals surface area (Å²) in [4.78, 5) is 14.3. The zero-order chi connectivity index (χ0) is 32.3. The normalized spacial score (nSPS) is 27.6. The number of hydrogen-bond donors (Lipinski definition) is 0. The third kappa shape index (κ3) is 6.44. The van der Waals surface area contributed by atoms with E-state index in [9.17, 15) is 31.1 Å². The molecule has 6 rings (SSSR count). The molecule has 0 radical (unpaired) electrons. The molecule has 2 bridgehead atoms. The van der Waals surface area contributed by atoms with Gasteiger partial charge in [-0.15, -0.1) is 0 Å². The Balaban J connectivity index is 1.22. The Labute approximate surface area is 259 Å². The fraction of sp³-hybridized carbons (Fsp3) is 0.618. The Morgan fingerprint density at radius 1 is 0.933 bits per heavy atom. The molecule has 0 spiro atoms. The molecule has 1 saturated carbocycles. The summed E-state index contributed by atoms with van der Waals surface area (Å²) in [7, 11) is 1.41. The summed E-state index contributed by atoms with van der Waals surface area (Å²) in [6, 6.07) is 7.07. The molecule has 246 valence electrons. The number of alkyl halides is 6. The van der Waals surface area contributed by atoms with Gasteiger partial charge in [-0.2, -0.15) is 26.3 Å². The number of benzene rings is 2. The van der Waals surface area contributed by atoms with Crippen molar-refractivity contribution in [2.75, 3.05) is 33.4 Å². The van der Waals surface area contributed by atoms with E-state index in [1.54, 1.807) is 6.92 Å². The van der Waals surface area contributed by atoms with Gasteiger partial charge in [-0.05, 0) is 85.4 Å². The lowest BCUT2D eigenvalue weighted by molar-refractivity contribution is -0.146. The van der Waals surface area contributed by atoms with Crippen LogP contribution in [0.4, 0.5) is 26.3 Å². The predicted molar refractivity (Wildman–Crippen MR) is 154 cm³/mol. The molecule has 2 unspecified atom stereocenters. The number of ether oxygens (including phenoxy) is 3. The van der Waals surface area contributed by atoms with Crippen LogP contribution in [0, 0.1) is 29.6 Å². The van der Waals surface area contributed by atoms with Crippen LogP contribution >= 0.6 is 0 Å². The van der Waals surface area contributed by atoms with E-state index in [4.69, 9.17) is 14.2 Å². The second kappa shape index (κ2) is 12.1. The molecule has 2 saturated heterocycles. The molecule has 1 aliphatic carbocycles. The zero-order valence-electron chi connectivity index (χ0n) is 25.6. The lowest BCUT2D eigenvalue weighted by atomic mass is 9.71. The number of piperidine rings is 1. The third-order valence-corrected chi connectivity index (χ3v) is 10.5. The molecule has 0 aromatic heterocycles. The molecule has 2 aromatic rings.